The molecule has 8 nitrogen and oxygen atoms in total. The van der Waals surface area contributed by atoms with E-state index in [0.717, 1.165) is 0 Å². The van der Waals surface area contributed by atoms with E-state index in [4.69, 9.17) is 21.9 Å². The number of aromatic nitrogens is 2. The molecule has 0 aliphatic heterocycles. The fraction of sp³-hybridized carbons (Fsp3) is 0.182. The van der Waals surface area contributed by atoms with Gasteiger partial charge in [0.15, 0.2) is 0 Å². The van der Waals surface area contributed by atoms with E-state index >= 15 is 0 Å². The van der Waals surface area contributed by atoms with Crippen molar-refractivity contribution in [2.24, 2.45) is 5.84 Å². The molecule has 6 N–H and O–H groups in total. The van der Waals surface area contributed by atoms with Gasteiger partial charge < -0.3 is 21.0 Å². The lowest BCUT2D eigenvalue weighted by Crippen LogP contribution is -2.07. The first kappa shape index (κ1) is 31.5. The number of nitrogens with one attached hydrogen (secondary N) is 1. The van der Waals surface area contributed by atoms with Gasteiger partial charge in [-0.3, -0.25) is 5.84 Å². The number of nitrogens with zero attached hydrogens (tertiary/aromatic N) is 3. The van der Waals surface area contributed by atoms with Crippen molar-refractivity contribution in [1.29, 1.82) is 5.26 Å². The first-order valence-corrected chi connectivity index (χ1v) is 9.49. The van der Waals surface area contributed by atoms with Crippen molar-refractivity contribution in [3.05, 3.63) is 84.8 Å². The molecule has 3 rings (SSSR count). The van der Waals surface area contributed by atoms with Crippen LogP contribution < -0.4 is 17.0 Å². The third-order valence-corrected chi connectivity index (χ3v) is 3.14. The van der Waals surface area contributed by atoms with Crippen LogP contribution >= 0.6 is 12.4 Å². The van der Waals surface area contributed by atoms with Gasteiger partial charge in [-0.25, -0.2) is 13.5 Å². The molecule has 0 fully saturated rings. The molecule has 0 bridgehead atoms. The highest BCUT2D eigenvalue weighted by Gasteiger charge is 2.03. The summed E-state index contributed by atoms with van der Waals surface area (Å²) >= 11 is 0. The number of hydrogen-bond donors (Lipinski definition) is 4. The first-order chi connectivity index (χ1) is 15.4. The van der Waals surface area contributed by atoms with Crippen molar-refractivity contribution >= 4 is 23.9 Å². The number of halogens is 3. The molecule has 180 valence electrons. The number of benzene rings is 2. The summed E-state index contributed by atoms with van der Waals surface area (Å²) in [5.41, 5.74) is 8.35. The van der Waals surface area contributed by atoms with E-state index in [-0.39, 0.29) is 30.6 Å². The van der Waals surface area contributed by atoms with Crippen LogP contribution in [0, 0.1) is 23.0 Å². The van der Waals surface area contributed by atoms with E-state index in [2.05, 4.69) is 15.3 Å². The number of aliphatic hydroxyl groups excluding tert-OH is 1. The molecule has 33 heavy (non-hydrogen) atoms. The van der Waals surface area contributed by atoms with E-state index in [9.17, 15) is 8.78 Å². The lowest BCUT2D eigenvalue weighted by Gasteiger charge is -2.00. The SMILES string of the molecule is CCO.CCO/C=C/C#N.Cl.NNc1ccccc1F.Nc1ccn(-c2ccccc2F)n1. The van der Waals surface area contributed by atoms with Crippen molar-refractivity contribution in [2.45, 2.75) is 13.8 Å². The maximum absolute atomic E-state index is 13.2. The Morgan fingerprint density at radius 1 is 1.12 bits per heavy atom. The lowest BCUT2D eigenvalue weighted by atomic mass is 10.3. The second-order valence-electron chi connectivity index (χ2n) is 5.46. The number of anilines is 2. The quantitative estimate of drug-likeness (QED) is 0.189. The number of hydrogen-bond acceptors (Lipinski definition) is 7. The average Bonchev–Trinajstić information content (AvgIpc) is 3.22. The monoisotopic (exact) mass is 482 g/mol. The van der Waals surface area contributed by atoms with Gasteiger partial charge in [-0.15, -0.1) is 12.4 Å². The van der Waals surface area contributed by atoms with Gasteiger partial charge in [0.05, 0.1) is 30.7 Å². The zero-order chi connectivity index (χ0) is 24.2. The molecule has 0 aliphatic rings. The van der Waals surface area contributed by atoms with Gasteiger partial charge in [0.2, 0.25) is 0 Å². The average molecular weight is 483 g/mol. The summed E-state index contributed by atoms with van der Waals surface area (Å²) in [5.74, 6) is 4.69. The Balaban J connectivity index is 0. The number of hydrazine groups is 1. The molecule has 1 aromatic heterocycles. The van der Waals surface area contributed by atoms with Gasteiger partial charge in [0.1, 0.15) is 23.1 Å². The Bertz CT molecular complexity index is 964. The maximum Gasteiger partial charge on any atom is 0.148 e. The van der Waals surface area contributed by atoms with E-state index in [1.54, 1.807) is 61.7 Å². The van der Waals surface area contributed by atoms with Crippen molar-refractivity contribution in [1.82, 2.24) is 9.78 Å². The third-order valence-electron chi connectivity index (χ3n) is 3.14. The van der Waals surface area contributed by atoms with Crippen LogP contribution in [0.1, 0.15) is 13.8 Å². The molecule has 0 saturated carbocycles. The van der Waals surface area contributed by atoms with Gasteiger partial charge in [-0.05, 0) is 38.1 Å². The molecular weight excluding hydrogens is 454 g/mol. The number of ether oxygens (including phenoxy) is 1. The fourth-order valence-electron chi connectivity index (χ4n) is 1.86. The van der Waals surface area contributed by atoms with Crippen LogP contribution in [0.2, 0.25) is 0 Å². The Kier molecular flexibility index (Phi) is 19.4. The topological polar surface area (TPSA) is 135 Å². The number of allylic oxidation sites excluding steroid dienone is 1. The Hall–Kier alpha value is -3.65. The molecule has 3 aromatic rings. The van der Waals surface area contributed by atoms with Crippen LogP contribution in [-0.4, -0.2) is 28.1 Å². The highest BCUT2D eigenvalue weighted by atomic mass is 35.5. The number of rotatable bonds is 4. The lowest BCUT2D eigenvalue weighted by molar-refractivity contribution is 0.269. The van der Waals surface area contributed by atoms with Gasteiger partial charge >= 0.3 is 0 Å². The van der Waals surface area contributed by atoms with Crippen LogP contribution in [0.4, 0.5) is 20.3 Å². The molecule has 0 amide bonds. The van der Waals surface area contributed by atoms with Gasteiger partial charge in [0.25, 0.3) is 0 Å². The molecule has 0 spiro atoms. The zero-order valence-corrected chi connectivity index (χ0v) is 19.2. The predicted molar refractivity (Wildman–Crippen MR) is 129 cm³/mol. The minimum Gasteiger partial charge on any atom is -0.501 e. The van der Waals surface area contributed by atoms with Crippen molar-refractivity contribution < 1.29 is 18.6 Å². The fourth-order valence-corrected chi connectivity index (χ4v) is 1.86. The summed E-state index contributed by atoms with van der Waals surface area (Å²) in [4.78, 5) is 0. The van der Waals surface area contributed by atoms with Gasteiger partial charge in [-0.2, -0.15) is 10.4 Å². The Morgan fingerprint density at radius 2 is 1.70 bits per heavy atom. The largest absolute Gasteiger partial charge is 0.501 e. The number of nitrogens with two attached hydrogens (primary N) is 2. The first-order valence-electron chi connectivity index (χ1n) is 9.49. The molecular formula is C22H29ClF2N6O2. The van der Waals surface area contributed by atoms with Gasteiger partial charge in [0, 0.05) is 18.9 Å². The van der Waals surface area contributed by atoms with Crippen LogP contribution in [-0.2, 0) is 4.74 Å². The molecule has 1 heterocycles. The van der Waals surface area contributed by atoms with E-state index < -0.39 is 0 Å². The molecule has 2 aromatic carbocycles. The highest BCUT2D eigenvalue weighted by molar-refractivity contribution is 5.85. The summed E-state index contributed by atoms with van der Waals surface area (Å²) < 4.78 is 31.7. The highest BCUT2D eigenvalue weighted by Crippen LogP contribution is 2.12. The number of nitrogen functional groups attached to an aromatic ring is 2. The number of para-hydroxylation sites is 2. The van der Waals surface area contributed by atoms with Crippen molar-refractivity contribution in [3.63, 3.8) is 0 Å². The second-order valence-corrected chi connectivity index (χ2v) is 5.46. The van der Waals surface area contributed by atoms with E-state index in [0.29, 0.717) is 23.8 Å². The molecule has 0 unspecified atom stereocenters. The van der Waals surface area contributed by atoms with Crippen molar-refractivity contribution in [3.8, 4) is 11.8 Å². The van der Waals surface area contributed by atoms with E-state index in [1.165, 1.54) is 29.2 Å². The third kappa shape index (κ3) is 14.1. The van der Waals surface area contributed by atoms with E-state index in [1.807, 2.05) is 6.92 Å². The molecule has 11 heteroatoms. The minimum atomic E-state index is -0.333. The molecule has 0 atom stereocenters. The summed E-state index contributed by atoms with van der Waals surface area (Å²) in [6.45, 7) is 4.42. The van der Waals surface area contributed by atoms with Crippen LogP contribution in [0.25, 0.3) is 5.69 Å². The van der Waals surface area contributed by atoms with Crippen LogP contribution in [0.3, 0.4) is 0 Å². The second kappa shape index (κ2) is 20.3. The number of aliphatic hydroxyl groups is 1. The summed E-state index contributed by atoms with van der Waals surface area (Å²) in [7, 11) is 0. The Labute approximate surface area is 198 Å². The normalized spacial score (nSPS) is 8.88. The molecule has 0 radical (unpaired) electrons. The summed E-state index contributed by atoms with van der Waals surface area (Å²) in [6.07, 6.45) is 4.29. The number of nitriles is 1. The maximum atomic E-state index is 13.2. The smallest absolute Gasteiger partial charge is 0.148 e. The minimum absolute atomic E-state index is 0. The van der Waals surface area contributed by atoms with Crippen molar-refractivity contribution in [2.75, 3.05) is 24.4 Å². The predicted octanol–water partition coefficient (Wildman–Crippen LogP) is 4.19. The molecule has 0 saturated heterocycles. The zero-order valence-electron chi connectivity index (χ0n) is 18.4. The van der Waals surface area contributed by atoms with Gasteiger partial charge in [-0.1, -0.05) is 24.3 Å². The van der Waals surface area contributed by atoms with Crippen LogP contribution in [0.5, 0.6) is 0 Å². The summed E-state index contributed by atoms with van der Waals surface area (Å²) in [5, 5.41) is 19.3. The summed E-state index contributed by atoms with van der Waals surface area (Å²) in [6, 6.07) is 16.0. The molecule has 0 aliphatic carbocycles. The standard InChI is InChI=1S/C9H8FN3.C6H7FN2.C5H7NO.C2H6O.ClH/c10-7-3-1-2-4-8(7)13-6-5-9(11)12-13;7-5-3-1-2-4-6(5)9-8;1-2-7-5-3-4-6;1-2-3;/h1-6H,(H2,11,12);1-4,9H,8H2;3,5H,2H2,1H3;3H,2H2,1H3;1H/b;;5-3+;;. The van der Waals surface area contributed by atoms with Crippen LogP contribution in [0.15, 0.2) is 73.1 Å². The Morgan fingerprint density at radius 3 is 2.12 bits per heavy atom.